The van der Waals surface area contributed by atoms with Crippen LogP contribution in [-0.2, 0) is 6.54 Å². The Morgan fingerprint density at radius 3 is 2.94 bits per heavy atom. The molecule has 0 saturated heterocycles. The molecule has 5 heteroatoms. The average molecular weight is 235 g/mol. The molecule has 84 valence electrons. The van der Waals surface area contributed by atoms with Crippen molar-refractivity contribution >= 4 is 17.0 Å². The molecule has 0 aliphatic rings. The van der Waals surface area contributed by atoms with E-state index < -0.39 is 0 Å². The van der Waals surface area contributed by atoms with Crippen LogP contribution in [0.25, 0.3) is 0 Å². The highest BCUT2D eigenvalue weighted by Crippen LogP contribution is 2.17. The molecule has 0 fully saturated rings. The highest BCUT2D eigenvalue weighted by atomic mass is 32.1. The number of nitrogens with one attached hydrogen (secondary N) is 1. The van der Waals surface area contributed by atoms with Crippen molar-refractivity contribution in [3.63, 3.8) is 0 Å². The zero-order valence-corrected chi connectivity index (χ0v) is 10.0. The summed E-state index contributed by atoms with van der Waals surface area (Å²) < 4.78 is 5.05. The quantitative estimate of drug-likeness (QED) is 0.884. The Balaban J connectivity index is 2.04. The van der Waals surface area contributed by atoms with Crippen LogP contribution in [0.1, 0.15) is 11.4 Å². The second-order valence-electron chi connectivity index (χ2n) is 3.32. The van der Waals surface area contributed by atoms with Crippen molar-refractivity contribution in [1.82, 2.24) is 9.97 Å². The van der Waals surface area contributed by atoms with Crippen molar-refractivity contribution in [3.05, 3.63) is 34.4 Å². The molecular weight excluding hydrogens is 222 g/mol. The molecule has 0 spiro atoms. The number of aromatic nitrogens is 2. The van der Waals surface area contributed by atoms with Gasteiger partial charge in [-0.3, -0.25) is 0 Å². The fourth-order valence-electron chi connectivity index (χ4n) is 1.35. The Labute approximate surface area is 98.3 Å². The van der Waals surface area contributed by atoms with Gasteiger partial charge >= 0.3 is 0 Å². The minimum Gasteiger partial charge on any atom is -0.481 e. The van der Waals surface area contributed by atoms with E-state index in [-0.39, 0.29) is 0 Å². The lowest BCUT2D eigenvalue weighted by molar-refractivity contribution is 0.397. The van der Waals surface area contributed by atoms with Crippen LogP contribution in [0.15, 0.2) is 23.0 Å². The number of aryl methyl sites for hydroxylation is 1. The van der Waals surface area contributed by atoms with E-state index in [1.165, 1.54) is 0 Å². The molecule has 2 heterocycles. The van der Waals surface area contributed by atoms with Gasteiger partial charge in [-0.25, -0.2) is 9.97 Å². The third kappa shape index (κ3) is 2.49. The number of nitrogens with zero attached hydrogens (tertiary/aromatic N) is 2. The Hall–Kier alpha value is -1.62. The molecule has 0 saturated carbocycles. The fraction of sp³-hybridized carbons (Fsp3) is 0.273. The maximum absolute atomic E-state index is 5.05. The van der Waals surface area contributed by atoms with E-state index in [0.717, 1.165) is 23.6 Å². The summed E-state index contributed by atoms with van der Waals surface area (Å²) in [5.41, 5.74) is 4.81. The van der Waals surface area contributed by atoms with Crippen LogP contribution in [0.4, 0.5) is 5.69 Å². The van der Waals surface area contributed by atoms with Crippen LogP contribution in [-0.4, -0.2) is 17.1 Å². The van der Waals surface area contributed by atoms with E-state index in [0.29, 0.717) is 5.88 Å². The summed E-state index contributed by atoms with van der Waals surface area (Å²) in [5, 5.41) is 5.32. The van der Waals surface area contributed by atoms with Crippen molar-refractivity contribution in [2.24, 2.45) is 0 Å². The van der Waals surface area contributed by atoms with Gasteiger partial charge in [-0.1, -0.05) is 0 Å². The Kier molecular flexibility index (Phi) is 3.36. The lowest BCUT2D eigenvalue weighted by Gasteiger charge is -2.08. The van der Waals surface area contributed by atoms with E-state index in [4.69, 9.17) is 4.74 Å². The van der Waals surface area contributed by atoms with Crippen molar-refractivity contribution in [2.75, 3.05) is 12.4 Å². The van der Waals surface area contributed by atoms with Crippen LogP contribution >= 0.6 is 11.3 Å². The van der Waals surface area contributed by atoms with Gasteiger partial charge in [-0.05, 0) is 13.0 Å². The molecule has 4 nitrogen and oxygen atoms in total. The largest absolute Gasteiger partial charge is 0.481 e. The first-order chi connectivity index (χ1) is 7.79. The molecule has 2 aromatic rings. The van der Waals surface area contributed by atoms with Crippen LogP contribution in [0.3, 0.4) is 0 Å². The van der Waals surface area contributed by atoms with Crippen molar-refractivity contribution in [2.45, 2.75) is 13.5 Å². The van der Waals surface area contributed by atoms with Gasteiger partial charge in [0.05, 0.1) is 36.2 Å². The molecule has 0 radical (unpaired) electrons. The maximum Gasteiger partial charge on any atom is 0.213 e. The van der Waals surface area contributed by atoms with Gasteiger partial charge in [0.25, 0.3) is 0 Å². The summed E-state index contributed by atoms with van der Waals surface area (Å²) in [6.07, 6.45) is 0. The monoisotopic (exact) mass is 235 g/mol. The topological polar surface area (TPSA) is 47.0 Å². The van der Waals surface area contributed by atoms with E-state index in [9.17, 15) is 0 Å². The van der Waals surface area contributed by atoms with Gasteiger partial charge in [-0.15, -0.1) is 11.3 Å². The number of hydrogen-bond acceptors (Lipinski definition) is 5. The second kappa shape index (κ2) is 4.94. The van der Waals surface area contributed by atoms with Crippen molar-refractivity contribution < 1.29 is 4.74 Å². The van der Waals surface area contributed by atoms with Gasteiger partial charge in [0.2, 0.25) is 5.88 Å². The summed E-state index contributed by atoms with van der Waals surface area (Å²) in [4.78, 5) is 8.49. The Morgan fingerprint density at radius 2 is 2.31 bits per heavy atom. The maximum atomic E-state index is 5.05. The molecule has 1 N–H and O–H groups in total. The summed E-state index contributed by atoms with van der Waals surface area (Å²) in [5.74, 6) is 0.636. The lowest BCUT2D eigenvalue weighted by atomic mass is 10.3. The van der Waals surface area contributed by atoms with E-state index in [1.54, 1.807) is 18.4 Å². The van der Waals surface area contributed by atoms with E-state index in [1.807, 2.05) is 29.9 Å². The zero-order valence-electron chi connectivity index (χ0n) is 9.23. The molecule has 2 rings (SSSR count). The average Bonchev–Trinajstić information content (AvgIpc) is 2.80. The minimum absolute atomic E-state index is 0.636. The van der Waals surface area contributed by atoms with Gasteiger partial charge < -0.3 is 10.1 Å². The summed E-state index contributed by atoms with van der Waals surface area (Å²) in [7, 11) is 1.62. The van der Waals surface area contributed by atoms with E-state index >= 15 is 0 Å². The normalized spacial score (nSPS) is 10.1. The van der Waals surface area contributed by atoms with Crippen molar-refractivity contribution in [3.8, 4) is 5.88 Å². The first-order valence-corrected chi connectivity index (χ1v) is 5.86. The fourth-order valence-corrected chi connectivity index (χ4v) is 1.91. The van der Waals surface area contributed by atoms with E-state index in [2.05, 4.69) is 15.3 Å². The highest BCUT2D eigenvalue weighted by molar-refractivity contribution is 7.07. The molecular formula is C11H13N3OS. The number of anilines is 1. The predicted octanol–water partition coefficient (Wildman–Crippen LogP) is 2.47. The molecule has 0 bridgehead atoms. The first kappa shape index (κ1) is 10.9. The number of methoxy groups -OCH3 is 1. The highest BCUT2D eigenvalue weighted by Gasteiger charge is 2.02. The number of rotatable bonds is 4. The summed E-state index contributed by atoms with van der Waals surface area (Å²) in [6, 6.07) is 3.81. The smallest absolute Gasteiger partial charge is 0.213 e. The third-order valence-electron chi connectivity index (χ3n) is 2.21. The number of thiazole rings is 1. The van der Waals surface area contributed by atoms with Gasteiger partial charge in [0, 0.05) is 11.4 Å². The molecule has 0 unspecified atom stereocenters. The number of pyridine rings is 1. The number of hydrogen-bond donors (Lipinski definition) is 1. The minimum atomic E-state index is 0.636. The SMILES string of the molecule is COc1ccc(NCc2cscn2)c(C)n1. The molecule has 0 aliphatic carbocycles. The lowest BCUT2D eigenvalue weighted by Crippen LogP contribution is -2.02. The van der Waals surface area contributed by atoms with Crippen LogP contribution in [0, 0.1) is 6.92 Å². The molecule has 0 aromatic carbocycles. The standard InChI is InChI=1S/C11H13N3OS/c1-8-10(3-4-11(14-8)15-2)12-5-9-6-16-7-13-9/h3-4,6-7,12H,5H2,1-2H3. The molecule has 0 aliphatic heterocycles. The van der Waals surface area contributed by atoms with Crippen LogP contribution in [0.5, 0.6) is 5.88 Å². The Bertz CT molecular complexity index is 456. The zero-order chi connectivity index (χ0) is 11.4. The Morgan fingerprint density at radius 1 is 1.44 bits per heavy atom. The first-order valence-electron chi connectivity index (χ1n) is 4.92. The second-order valence-corrected chi connectivity index (χ2v) is 4.04. The third-order valence-corrected chi connectivity index (χ3v) is 2.85. The van der Waals surface area contributed by atoms with Crippen LogP contribution in [0.2, 0.25) is 0 Å². The predicted molar refractivity (Wildman–Crippen MR) is 65.0 cm³/mol. The van der Waals surface area contributed by atoms with Crippen LogP contribution < -0.4 is 10.1 Å². The van der Waals surface area contributed by atoms with Crippen molar-refractivity contribution in [1.29, 1.82) is 0 Å². The number of ether oxygens (including phenoxy) is 1. The molecule has 0 atom stereocenters. The summed E-state index contributed by atoms with van der Waals surface area (Å²) >= 11 is 1.60. The van der Waals surface area contributed by atoms with Gasteiger partial charge in [0.15, 0.2) is 0 Å². The molecule has 16 heavy (non-hydrogen) atoms. The van der Waals surface area contributed by atoms with Gasteiger partial charge in [0.1, 0.15) is 0 Å². The van der Waals surface area contributed by atoms with Gasteiger partial charge in [-0.2, -0.15) is 0 Å². The molecule has 0 amide bonds. The summed E-state index contributed by atoms with van der Waals surface area (Å²) in [6.45, 7) is 2.67. The molecule has 2 aromatic heterocycles.